The summed E-state index contributed by atoms with van der Waals surface area (Å²) in [7, 11) is 0. The lowest BCUT2D eigenvalue weighted by molar-refractivity contribution is 0.277. The molecule has 18 heavy (non-hydrogen) atoms. The summed E-state index contributed by atoms with van der Waals surface area (Å²) in [5.41, 5.74) is 1.80. The molecule has 1 N–H and O–H groups in total. The van der Waals surface area contributed by atoms with Gasteiger partial charge in [-0.1, -0.05) is 19.1 Å². The first kappa shape index (κ1) is 13.1. The minimum absolute atomic E-state index is 0.00560. The second kappa shape index (κ2) is 5.98. The fourth-order valence-electron chi connectivity index (χ4n) is 1.64. The van der Waals surface area contributed by atoms with E-state index >= 15 is 0 Å². The molecule has 0 spiro atoms. The molecule has 1 aromatic carbocycles. The second-order valence-corrected chi connectivity index (χ2v) is 5.26. The number of benzene rings is 1. The van der Waals surface area contributed by atoms with Gasteiger partial charge in [0.15, 0.2) is 0 Å². The fraction of sp³-hybridized carbons (Fsp3) is 0.357. The average molecular weight is 263 g/mol. The molecule has 4 heteroatoms. The van der Waals surface area contributed by atoms with Gasteiger partial charge >= 0.3 is 0 Å². The Morgan fingerprint density at radius 3 is 2.89 bits per heavy atom. The molecule has 1 aromatic heterocycles. The summed E-state index contributed by atoms with van der Waals surface area (Å²) < 4.78 is 5.61. The maximum Gasteiger partial charge on any atom is 0.124 e. The summed E-state index contributed by atoms with van der Waals surface area (Å²) in [5, 5.41) is 10.1. The monoisotopic (exact) mass is 263 g/mol. The smallest absolute Gasteiger partial charge is 0.124 e. The van der Waals surface area contributed by atoms with Crippen molar-refractivity contribution in [2.24, 2.45) is 0 Å². The highest BCUT2D eigenvalue weighted by molar-refractivity contribution is 7.15. The molecule has 0 fully saturated rings. The van der Waals surface area contributed by atoms with Gasteiger partial charge in [0.05, 0.1) is 18.9 Å². The van der Waals surface area contributed by atoms with E-state index in [0.717, 1.165) is 39.9 Å². The Morgan fingerprint density at radius 2 is 2.22 bits per heavy atom. The fourth-order valence-corrected chi connectivity index (χ4v) is 2.56. The lowest BCUT2D eigenvalue weighted by Crippen LogP contribution is -1.94. The molecule has 96 valence electrons. The van der Waals surface area contributed by atoms with E-state index in [2.05, 4.69) is 11.9 Å². The van der Waals surface area contributed by atoms with Crippen molar-refractivity contribution in [1.29, 1.82) is 0 Å². The van der Waals surface area contributed by atoms with Crippen LogP contribution in [0.1, 0.15) is 23.9 Å². The number of aliphatic hydroxyl groups is 1. The van der Waals surface area contributed by atoms with Crippen LogP contribution in [-0.4, -0.2) is 16.7 Å². The Morgan fingerprint density at radius 1 is 1.39 bits per heavy atom. The van der Waals surface area contributed by atoms with Crippen LogP contribution in [0.5, 0.6) is 5.75 Å². The lowest BCUT2D eigenvalue weighted by Gasteiger charge is -2.05. The predicted molar refractivity (Wildman–Crippen MR) is 74.0 cm³/mol. The van der Waals surface area contributed by atoms with E-state index < -0.39 is 0 Å². The van der Waals surface area contributed by atoms with Crippen molar-refractivity contribution < 1.29 is 9.84 Å². The van der Waals surface area contributed by atoms with E-state index in [0.29, 0.717) is 0 Å². The van der Waals surface area contributed by atoms with E-state index in [1.165, 1.54) is 0 Å². The van der Waals surface area contributed by atoms with Gasteiger partial charge in [-0.3, -0.25) is 0 Å². The molecule has 0 saturated heterocycles. The first-order valence-electron chi connectivity index (χ1n) is 6.05. The number of aromatic nitrogens is 1. The summed E-state index contributed by atoms with van der Waals surface area (Å²) >= 11 is 1.60. The number of ether oxygens (including phenoxy) is 1. The van der Waals surface area contributed by atoms with Crippen LogP contribution >= 0.6 is 11.3 Å². The van der Waals surface area contributed by atoms with Crippen molar-refractivity contribution in [3.05, 3.63) is 34.8 Å². The van der Waals surface area contributed by atoms with Gasteiger partial charge in [0.2, 0.25) is 0 Å². The molecule has 0 aliphatic heterocycles. The standard InChI is InChI=1S/C14H17NO2S/c1-3-7-17-12-6-4-5-11(8-12)14-15-13(9-16)10(2)18-14/h4-6,8,16H,3,7,9H2,1-2H3. The van der Waals surface area contributed by atoms with E-state index in [4.69, 9.17) is 9.84 Å². The van der Waals surface area contributed by atoms with Crippen molar-refractivity contribution in [2.75, 3.05) is 6.61 Å². The average Bonchev–Trinajstić information content (AvgIpc) is 2.78. The number of rotatable bonds is 5. The number of aryl methyl sites for hydroxylation is 1. The van der Waals surface area contributed by atoms with Crippen molar-refractivity contribution >= 4 is 11.3 Å². The summed E-state index contributed by atoms with van der Waals surface area (Å²) in [6.07, 6.45) is 0.995. The molecule has 0 aliphatic carbocycles. The number of aliphatic hydroxyl groups excluding tert-OH is 1. The minimum atomic E-state index is -0.00560. The van der Waals surface area contributed by atoms with Crippen molar-refractivity contribution in [1.82, 2.24) is 4.98 Å². The molecule has 0 radical (unpaired) electrons. The van der Waals surface area contributed by atoms with Crippen LogP contribution in [0, 0.1) is 6.92 Å². The lowest BCUT2D eigenvalue weighted by atomic mass is 10.2. The van der Waals surface area contributed by atoms with Crippen LogP contribution in [0.15, 0.2) is 24.3 Å². The molecule has 0 aliphatic rings. The van der Waals surface area contributed by atoms with Gasteiger partial charge in [-0.25, -0.2) is 4.98 Å². The summed E-state index contributed by atoms with van der Waals surface area (Å²) in [6, 6.07) is 7.93. The summed E-state index contributed by atoms with van der Waals surface area (Å²) in [5.74, 6) is 0.868. The number of thiazole rings is 1. The zero-order valence-corrected chi connectivity index (χ0v) is 11.5. The quantitative estimate of drug-likeness (QED) is 0.899. The van der Waals surface area contributed by atoms with Crippen molar-refractivity contribution in [2.45, 2.75) is 26.9 Å². The Hall–Kier alpha value is -1.39. The molecule has 0 bridgehead atoms. The molecule has 0 unspecified atom stereocenters. The topological polar surface area (TPSA) is 42.4 Å². The SMILES string of the molecule is CCCOc1cccc(-c2nc(CO)c(C)s2)c1. The largest absolute Gasteiger partial charge is 0.494 e. The maximum absolute atomic E-state index is 9.17. The Labute approximate surface area is 111 Å². The Balaban J connectivity index is 2.26. The van der Waals surface area contributed by atoms with Gasteiger partial charge in [-0.05, 0) is 25.5 Å². The third-order valence-electron chi connectivity index (χ3n) is 2.60. The van der Waals surface area contributed by atoms with Crippen LogP contribution in [0.25, 0.3) is 10.6 Å². The van der Waals surface area contributed by atoms with E-state index in [-0.39, 0.29) is 6.61 Å². The molecule has 2 aromatic rings. The van der Waals surface area contributed by atoms with Gasteiger partial charge in [0.25, 0.3) is 0 Å². The van der Waals surface area contributed by atoms with Gasteiger partial charge < -0.3 is 9.84 Å². The van der Waals surface area contributed by atoms with Gasteiger partial charge in [-0.2, -0.15) is 0 Å². The maximum atomic E-state index is 9.17. The molecule has 0 atom stereocenters. The molecule has 1 heterocycles. The van der Waals surface area contributed by atoms with Gasteiger partial charge in [0, 0.05) is 10.4 Å². The number of hydrogen-bond donors (Lipinski definition) is 1. The van der Waals surface area contributed by atoms with Crippen molar-refractivity contribution in [3.63, 3.8) is 0 Å². The third-order valence-corrected chi connectivity index (χ3v) is 3.66. The second-order valence-electron chi connectivity index (χ2n) is 4.06. The zero-order valence-electron chi connectivity index (χ0n) is 10.6. The minimum Gasteiger partial charge on any atom is -0.494 e. The molecular formula is C14H17NO2S. The van der Waals surface area contributed by atoms with E-state index in [1.54, 1.807) is 11.3 Å². The Kier molecular flexibility index (Phi) is 4.33. The van der Waals surface area contributed by atoms with Crippen LogP contribution in [0.3, 0.4) is 0 Å². The first-order chi connectivity index (χ1) is 8.74. The third kappa shape index (κ3) is 2.89. The highest BCUT2D eigenvalue weighted by atomic mass is 32.1. The highest BCUT2D eigenvalue weighted by Crippen LogP contribution is 2.29. The molecule has 0 amide bonds. The van der Waals surface area contributed by atoms with Crippen LogP contribution < -0.4 is 4.74 Å². The summed E-state index contributed by atoms with van der Waals surface area (Å²) in [4.78, 5) is 5.50. The molecule has 2 rings (SSSR count). The number of hydrogen-bond acceptors (Lipinski definition) is 4. The van der Waals surface area contributed by atoms with E-state index in [1.807, 2.05) is 31.2 Å². The van der Waals surface area contributed by atoms with E-state index in [9.17, 15) is 0 Å². The zero-order chi connectivity index (χ0) is 13.0. The normalized spacial score (nSPS) is 10.6. The number of nitrogens with zero attached hydrogens (tertiary/aromatic N) is 1. The van der Waals surface area contributed by atoms with Gasteiger partial charge in [-0.15, -0.1) is 11.3 Å². The molecular weight excluding hydrogens is 246 g/mol. The highest BCUT2D eigenvalue weighted by Gasteiger charge is 2.09. The Bertz CT molecular complexity index is 522. The summed E-state index contributed by atoms with van der Waals surface area (Å²) in [6.45, 7) is 4.78. The van der Waals surface area contributed by atoms with Gasteiger partial charge in [0.1, 0.15) is 10.8 Å². The first-order valence-corrected chi connectivity index (χ1v) is 6.86. The van der Waals surface area contributed by atoms with Crippen LogP contribution in [-0.2, 0) is 6.61 Å². The van der Waals surface area contributed by atoms with Crippen LogP contribution in [0.4, 0.5) is 0 Å². The molecule has 0 saturated carbocycles. The molecule has 3 nitrogen and oxygen atoms in total. The van der Waals surface area contributed by atoms with Crippen molar-refractivity contribution in [3.8, 4) is 16.3 Å². The van der Waals surface area contributed by atoms with Crippen LogP contribution in [0.2, 0.25) is 0 Å². The predicted octanol–water partition coefficient (Wildman–Crippen LogP) is 3.40.